The number of halogens is 1. The number of aromatic nitrogens is 1. The van der Waals surface area contributed by atoms with Gasteiger partial charge in [-0.3, -0.25) is 0 Å². The average molecular weight is 367 g/mol. The number of ether oxygens (including phenoxy) is 2. The summed E-state index contributed by atoms with van der Waals surface area (Å²) >= 11 is 0. The van der Waals surface area contributed by atoms with Crippen LogP contribution in [0.1, 0.15) is 46.9 Å². The molecule has 0 spiro atoms. The van der Waals surface area contributed by atoms with E-state index in [9.17, 15) is 9.18 Å². The third-order valence-electron chi connectivity index (χ3n) is 5.53. The van der Waals surface area contributed by atoms with Crippen LogP contribution in [-0.2, 0) is 16.6 Å². The Hall–Kier alpha value is -2.82. The third kappa shape index (κ3) is 3.07. The molecule has 140 valence electrons. The van der Waals surface area contributed by atoms with E-state index >= 15 is 0 Å². The number of carbonyl (C=O) groups is 1. The number of methoxy groups -OCH3 is 2. The summed E-state index contributed by atoms with van der Waals surface area (Å²) in [6.07, 6.45) is 2.89. The van der Waals surface area contributed by atoms with E-state index in [1.165, 1.54) is 24.4 Å². The molecule has 4 nitrogen and oxygen atoms in total. The van der Waals surface area contributed by atoms with Crippen molar-refractivity contribution in [2.24, 2.45) is 0 Å². The Morgan fingerprint density at radius 2 is 1.96 bits per heavy atom. The van der Waals surface area contributed by atoms with E-state index in [0.29, 0.717) is 6.42 Å². The Bertz CT molecular complexity index is 1030. The van der Waals surface area contributed by atoms with Crippen LogP contribution in [0.3, 0.4) is 0 Å². The number of esters is 1. The standard InChI is InChI=1S/C22H22FNO3/c1-22(8-9-22)20-16(15-6-5-14(26-2)12-19(15)24-20)10-13-4-7-18(23)17(11-13)21(25)27-3/h4-7,11-12,24H,8-10H2,1-3H3. The summed E-state index contributed by atoms with van der Waals surface area (Å²) < 4.78 is 24.0. The van der Waals surface area contributed by atoms with Gasteiger partial charge in [-0.1, -0.05) is 13.0 Å². The van der Waals surface area contributed by atoms with E-state index in [1.807, 2.05) is 12.1 Å². The van der Waals surface area contributed by atoms with Gasteiger partial charge in [0, 0.05) is 28.1 Å². The highest BCUT2D eigenvalue weighted by Gasteiger charge is 2.42. The van der Waals surface area contributed by atoms with Gasteiger partial charge in [-0.15, -0.1) is 0 Å². The second kappa shape index (κ2) is 6.41. The lowest BCUT2D eigenvalue weighted by Crippen LogP contribution is -2.07. The number of H-pyrrole nitrogens is 1. The molecule has 0 aliphatic heterocycles. The van der Waals surface area contributed by atoms with Crippen LogP contribution in [-0.4, -0.2) is 25.2 Å². The largest absolute Gasteiger partial charge is 0.497 e. The summed E-state index contributed by atoms with van der Waals surface area (Å²) in [6.45, 7) is 2.25. The predicted octanol–water partition coefficient (Wildman–Crippen LogP) is 4.74. The van der Waals surface area contributed by atoms with Gasteiger partial charge >= 0.3 is 5.97 Å². The molecule has 0 radical (unpaired) electrons. The zero-order valence-electron chi connectivity index (χ0n) is 15.7. The van der Waals surface area contributed by atoms with Crippen LogP contribution in [0.5, 0.6) is 5.75 Å². The molecule has 1 aliphatic rings. The van der Waals surface area contributed by atoms with E-state index in [2.05, 4.69) is 18.0 Å². The molecular weight excluding hydrogens is 345 g/mol. The Balaban J connectivity index is 1.80. The summed E-state index contributed by atoms with van der Waals surface area (Å²) in [6, 6.07) is 10.6. The molecule has 1 heterocycles. The molecule has 1 fully saturated rings. The van der Waals surface area contributed by atoms with Crippen molar-refractivity contribution in [1.29, 1.82) is 0 Å². The van der Waals surface area contributed by atoms with Crippen molar-refractivity contribution in [3.8, 4) is 5.75 Å². The molecule has 3 aromatic rings. The minimum absolute atomic E-state index is 0.0318. The summed E-state index contributed by atoms with van der Waals surface area (Å²) in [4.78, 5) is 15.4. The predicted molar refractivity (Wildman–Crippen MR) is 102 cm³/mol. The minimum atomic E-state index is -0.660. The Morgan fingerprint density at radius 1 is 1.19 bits per heavy atom. The van der Waals surface area contributed by atoms with Gasteiger partial charge in [0.25, 0.3) is 0 Å². The van der Waals surface area contributed by atoms with E-state index < -0.39 is 11.8 Å². The van der Waals surface area contributed by atoms with Crippen molar-refractivity contribution in [3.63, 3.8) is 0 Å². The van der Waals surface area contributed by atoms with Gasteiger partial charge in [0.2, 0.25) is 0 Å². The maximum atomic E-state index is 14.0. The number of carbonyl (C=O) groups excluding carboxylic acids is 1. The fourth-order valence-corrected chi connectivity index (χ4v) is 3.65. The van der Waals surface area contributed by atoms with E-state index in [4.69, 9.17) is 9.47 Å². The van der Waals surface area contributed by atoms with Crippen LogP contribution in [0.2, 0.25) is 0 Å². The fraction of sp³-hybridized carbons (Fsp3) is 0.318. The van der Waals surface area contributed by atoms with Crippen molar-refractivity contribution in [3.05, 3.63) is 64.6 Å². The molecule has 1 N–H and O–H groups in total. The van der Waals surface area contributed by atoms with Crippen LogP contribution in [0, 0.1) is 5.82 Å². The van der Waals surface area contributed by atoms with Gasteiger partial charge in [0.1, 0.15) is 11.6 Å². The Kier molecular flexibility index (Phi) is 4.17. The summed E-state index contributed by atoms with van der Waals surface area (Å²) in [5, 5.41) is 1.13. The molecule has 0 saturated heterocycles. The van der Waals surface area contributed by atoms with Crippen LogP contribution in [0.4, 0.5) is 4.39 Å². The highest BCUT2D eigenvalue weighted by atomic mass is 19.1. The lowest BCUT2D eigenvalue weighted by molar-refractivity contribution is 0.0595. The van der Waals surface area contributed by atoms with Crippen LogP contribution in [0.15, 0.2) is 36.4 Å². The number of hydrogen-bond acceptors (Lipinski definition) is 3. The molecule has 0 amide bonds. The number of fused-ring (bicyclic) bond motifs is 1. The molecule has 1 saturated carbocycles. The molecule has 0 atom stereocenters. The summed E-state index contributed by atoms with van der Waals surface area (Å²) in [5.41, 5.74) is 4.43. The molecule has 2 aromatic carbocycles. The smallest absolute Gasteiger partial charge is 0.340 e. The molecule has 27 heavy (non-hydrogen) atoms. The zero-order chi connectivity index (χ0) is 19.2. The van der Waals surface area contributed by atoms with Crippen molar-refractivity contribution in [2.45, 2.75) is 31.6 Å². The minimum Gasteiger partial charge on any atom is -0.497 e. The first kappa shape index (κ1) is 17.6. The number of nitrogens with one attached hydrogen (secondary N) is 1. The van der Waals surface area contributed by atoms with Crippen molar-refractivity contribution >= 4 is 16.9 Å². The normalized spacial score (nSPS) is 15.0. The topological polar surface area (TPSA) is 51.3 Å². The van der Waals surface area contributed by atoms with Crippen molar-refractivity contribution < 1.29 is 18.7 Å². The SMILES string of the molecule is COC(=O)c1cc(Cc2c(C3(C)CC3)[nH]c3cc(OC)ccc23)ccc1F. The molecule has 4 rings (SSSR count). The lowest BCUT2D eigenvalue weighted by atomic mass is 9.94. The molecule has 1 aliphatic carbocycles. The maximum Gasteiger partial charge on any atom is 0.340 e. The quantitative estimate of drug-likeness (QED) is 0.663. The van der Waals surface area contributed by atoms with Gasteiger partial charge < -0.3 is 14.5 Å². The van der Waals surface area contributed by atoms with E-state index in [1.54, 1.807) is 19.2 Å². The fourth-order valence-electron chi connectivity index (χ4n) is 3.65. The van der Waals surface area contributed by atoms with Crippen LogP contribution >= 0.6 is 0 Å². The number of rotatable bonds is 5. The second-order valence-electron chi connectivity index (χ2n) is 7.43. The number of hydrogen-bond donors (Lipinski definition) is 1. The van der Waals surface area contributed by atoms with Crippen molar-refractivity contribution in [2.75, 3.05) is 14.2 Å². The Labute approximate surface area is 157 Å². The summed E-state index contributed by atoms with van der Waals surface area (Å²) in [7, 11) is 2.91. The van der Waals surface area contributed by atoms with Crippen LogP contribution < -0.4 is 4.74 Å². The molecular formula is C22H22FNO3. The summed E-state index contributed by atoms with van der Waals surface area (Å²) in [5.74, 6) is -0.423. The average Bonchev–Trinajstić information content (AvgIpc) is 3.32. The van der Waals surface area contributed by atoms with Crippen molar-refractivity contribution in [1.82, 2.24) is 4.98 Å². The first-order valence-electron chi connectivity index (χ1n) is 9.01. The monoisotopic (exact) mass is 367 g/mol. The van der Waals surface area contributed by atoms with Crippen LogP contribution in [0.25, 0.3) is 10.9 Å². The molecule has 0 unspecified atom stereocenters. The first-order valence-corrected chi connectivity index (χ1v) is 9.01. The highest BCUT2D eigenvalue weighted by Crippen LogP contribution is 2.50. The van der Waals surface area contributed by atoms with Gasteiger partial charge in [0.15, 0.2) is 0 Å². The molecule has 0 bridgehead atoms. The maximum absolute atomic E-state index is 14.0. The first-order chi connectivity index (χ1) is 12.9. The lowest BCUT2D eigenvalue weighted by Gasteiger charge is -2.12. The van der Waals surface area contributed by atoms with Gasteiger partial charge in [-0.25, -0.2) is 9.18 Å². The number of aromatic amines is 1. The zero-order valence-corrected chi connectivity index (χ0v) is 15.7. The van der Waals surface area contributed by atoms with Gasteiger partial charge in [-0.05, 0) is 54.7 Å². The molecule has 1 aromatic heterocycles. The second-order valence-corrected chi connectivity index (χ2v) is 7.43. The Morgan fingerprint density at radius 3 is 2.63 bits per heavy atom. The number of benzene rings is 2. The molecule has 5 heteroatoms. The van der Waals surface area contributed by atoms with E-state index in [-0.39, 0.29) is 11.0 Å². The van der Waals surface area contributed by atoms with Gasteiger partial charge in [0.05, 0.1) is 19.8 Å². The van der Waals surface area contributed by atoms with Gasteiger partial charge in [-0.2, -0.15) is 0 Å². The highest BCUT2D eigenvalue weighted by molar-refractivity contribution is 5.90. The third-order valence-corrected chi connectivity index (χ3v) is 5.53. The van der Waals surface area contributed by atoms with E-state index in [0.717, 1.165) is 35.1 Å².